The molecule has 0 aliphatic carbocycles. The topological polar surface area (TPSA) is 53.4 Å². The van der Waals surface area contributed by atoms with Crippen molar-refractivity contribution in [2.24, 2.45) is 0 Å². The van der Waals surface area contributed by atoms with E-state index in [0.29, 0.717) is 16.4 Å². The van der Waals surface area contributed by atoms with Crippen molar-refractivity contribution in [3.05, 3.63) is 71.8 Å². The molecule has 0 amide bonds. The summed E-state index contributed by atoms with van der Waals surface area (Å²) in [4.78, 5) is 16.8. The van der Waals surface area contributed by atoms with E-state index >= 15 is 0 Å². The number of rotatable bonds is 6. The minimum Gasteiger partial charge on any atom is -0.494 e. The van der Waals surface area contributed by atoms with Gasteiger partial charge in [-0.15, -0.1) is 0 Å². The van der Waals surface area contributed by atoms with Crippen LogP contribution in [0.3, 0.4) is 0 Å². The summed E-state index contributed by atoms with van der Waals surface area (Å²) in [6.45, 7) is -0.0473. The van der Waals surface area contributed by atoms with Crippen LogP contribution < -0.4 is 4.74 Å². The van der Waals surface area contributed by atoms with Gasteiger partial charge in [-0.1, -0.05) is 36.0 Å². The van der Waals surface area contributed by atoms with Crippen LogP contribution >= 0.6 is 11.8 Å². The number of ether oxygens (including phenoxy) is 2. The number of carbonyl (C=O) groups excluding carboxylic acids is 1. The predicted molar refractivity (Wildman–Crippen MR) is 97.4 cm³/mol. The maximum Gasteiger partial charge on any atom is 0.357 e. The third-order valence-corrected chi connectivity index (χ3v) is 4.37. The average molecular weight is 372 g/mol. The van der Waals surface area contributed by atoms with Gasteiger partial charge < -0.3 is 9.47 Å². The highest BCUT2D eigenvalue weighted by Gasteiger charge is 2.19. The van der Waals surface area contributed by atoms with E-state index < -0.39 is 11.8 Å². The van der Waals surface area contributed by atoms with Gasteiger partial charge in [-0.05, 0) is 36.1 Å². The molecule has 0 radical (unpaired) electrons. The Morgan fingerprint density at radius 3 is 2.65 bits per heavy atom. The van der Waals surface area contributed by atoms with E-state index in [1.807, 2.05) is 36.6 Å². The second kappa shape index (κ2) is 8.05. The molecule has 134 valence electrons. The van der Waals surface area contributed by atoms with Crippen LogP contribution in [0.5, 0.6) is 5.75 Å². The zero-order chi connectivity index (χ0) is 18.5. The normalized spacial score (nSPS) is 10.6. The second-order valence-corrected chi connectivity index (χ2v) is 6.12. The minimum atomic E-state index is -0.530. The number of imidazole rings is 1. The molecule has 2 aromatic carbocycles. The van der Waals surface area contributed by atoms with Gasteiger partial charge in [0.15, 0.2) is 22.4 Å². The number of carbonyl (C=O) groups is 1. The Balaban J connectivity index is 1.80. The van der Waals surface area contributed by atoms with Crippen LogP contribution in [0.1, 0.15) is 16.1 Å². The molecule has 1 aromatic heterocycles. The van der Waals surface area contributed by atoms with Gasteiger partial charge in [0.1, 0.15) is 6.61 Å². The lowest BCUT2D eigenvalue weighted by molar-refractivity contribution is 0.0462. The highest BCUT2D eigenvalue weighted by Crippen LogP contribution is 2.23. The Bertz CT molecular complexity index is 912. The smallest absolute Gasteiger partial charge is 0.357 e. The lowest BCUT2D eigenvalue weighted by Crippen LogP contribution is -2.12. The largest absolute Gasteiger partial charge is 0.494 e. The fourth-order valence-corrected chi connectivity index (χ4v) is 3.02. The Morgan fingerprint density at radius 2 is 2.00 bits per heavy atom. The summed E-state index contributed by atoms with van der Waals surface area (Å²) in [5, 5.41) is 0.679. The van der Waals surface area contributed by atoms with Crippen LogP contribution in [0.2, 0.25) is 0 Å². The molecule has 26 heavy (non-hydrogen) atoms. The molecule has 7 heteroatoms. The van der Waals surface area contributed by atoms with Crippen molar-refractivity contribution >= 4 is 17.7 Å². The SMILES string of the molecule is COc1ccc(COC(=O)c2cnc(SC)n2-c2ccccc2)cc1F. The van der Waals surface area contributed by atoms with Crippen LogP contribution in [0.25, 0.3) is 5.69 Å². The van der Waals surface area contributed by atoms with E-state index in [9.17, 15) is 9.18 Å². The summed E-state index contributed by atoms with van der Waals surface area (Å²) in [6, 6.07) is 13.9. The first kappa shape index (κ1) is 18.0. The Labute approximate surface area is 154 Å². The Hall–Kier alpha value is -2.80. The van der Waals surface area contributed by atoms with Crippen molar-refractivity contribution in [3.8, 4) is 11.4 Å². The van der Waals surface area contributed by atoms with Gasteiger partial charge in [0.05, 0.1) is 13.3 Å². The van der Waals surface area contributed by atoms with Crippen LogP contribution in [0.15, 0.2) is 59.9 Å². The predicted octanol–water partition coefficient (Wildman–Crippen LogP) is 4.10. The molecule has 0 fully saturated rings. The standard InChI is InChI=1S/C19H17FN2O3S/c1-24-17-9-8-13(10-15(17)20)12-25-18(23)16-11-21-19(26-2)22(16)14-6-4-3-5-7-14/h3-11H,12H2,1-2H3. The maximum absolute atomic E-state index is 13.8. The summed E-state index contributed by atoms with van der Waals surface area (Å²) >= 11 is 1.43. The van der Waals surface area contributed by atoms with Crippen molar-refractivity contribution < 1.29 is 18.7 Å². The fourth-order valence-electron chi connectivity index (χ4n) is 2.47. The molecule has 0 unspecified atom stereocenters. The molecule has 0 atom stereocenters. The second-order valence-electron chi connectivity index (χ2n) is 5.35. The van der Waals surface area contributed by atoms with Gasteiger partial charge in [-0.25, -0.2) is 14.2 Å². The molecule has 1 heterocycles. The van der Waals surface area contributed by atoms with Crippen molar-refractivity contribution in [1.29, 1.82) is 0 Å². The van der Waals surface area contributed by atoms with Gasteiger partial charge in [0, 0.05) is 5.69 Å². The van der Waals surface area contributed by atoms with Gasteiger partial charge in [-0.3, -0.25) is 4.57 Å². The van der Waals surface area contributed by atoms with Crippen molar-refractivity contribution in [3.63, 3.8) is 0 Å². The zero-order valence-corrected chi connectivity index (χ0v) is 15.1. The first-order valence-electron chi connectivity index (χ1n) is 7.80. The third kappa shape index (κ3) is 3.72. The zero-order valence-electron chi connectivity index (χ0n) is 14.3. The molecule has 0 aliphatic heterocycles. The molecule has 0 N–H and O–H groups in total. The number of halogens is 1. The lowest BCUT2D eigenvalue weighted by atomic mass is 10.2. The first-order valence-corrected chi connectivity index (χ1v) is 9.03. The monoisotopic (exact) mass is 372 g/mol. The van der Waals surface area contributed by atoms with Gasteiger partial charge in [0.2, 0.25) is 0 Å². The molecule has 5 nitrogen and oxygen atoms in total. The number of nitrogens with zero attached hydrogens (tertiary/aromatic N) is 2. The van der Waals surface area contributed by atoms with E-state index in [1.165, 1.54) is 37.2 Å². The number of para-hydroxylation sites is 1. The summed E-state index contributed by atoms with van der Waals surface area (Å²) in [5.41, 5.74) is 1.67. The molecule has 0 bridgehead atoms. The van der Waals surface area contributed by atoms with E-state index in [2.05, 4.69) is 4.98 Å². The number of methoxy groups -OCH3 is 1. The average Bonchev–Trinajstić information content (AvgIpc) is 3.11. The molecule has 0 spiro atoms. The number of esters is 1. The van der Waals surface area contributed by atoms with Crippen molar-refractivity contribution in [2.75, 3.05) is 13.4 Å². The highest BCUT2D eigenvalue weighted by atomic mass is 32.2. The van der Waals surface area contributed by atoms with Gasteiger partial charge in [0.25, 0.3) is 0 Å². The summed E-state index contributed by atoms with van der Waals surface area (Å²) in [6.07, 6.45) is 3.37. The number of benzene rings is 2. The van der Waals surface area contributed by atoms with Crippen LogP contribution in [0, 0.1) is 5.82 Å². The Kier molecular flexibility index (Phi) is 5.58. The highest BCUT2D eigenvalue weighted by molar-refractivity contribution is 7.98. The summed E-state index contributed by atoms with van der Waals surface area (Å²) in [7, 11) is 1.40. The van der Waals surface area contributed by atoms with E-state index in [1.54, 1.807) is 10.6 Å². The van der Waals surface area contributed by atoms with Gasteiger partial charge >= 0.3 is 5.97 Å². The quantitative estimate of drug-likeness (QED) is 0.482. The molecule has 0 saturated heterocycles. The van der Waals surface area contributed by atoms with Crippen molar-refractivity contribution in [2.45, 2.75) is 11.8 Å². The van der Waals surface area contributed by atoms with Crippen molar-refractivity contribution in [1.82, 2.24) is 9.55 Å². The lowest BCUT2D eigenvalue weighted by Gasteiger charge is -2.11. The summed E-state index contributed by atoms with van der Waals surface area (Å²) in [5.74, 6) is -0.884. The molecule has 0 saturated carbocycles. The molecule has 3 rings (SSSR count). The number of hydrogen-bond acceptors (Lipinski definition) is 5. The van der Waals surface area contributed by atoms with E-state index in [-0.39, 0.29) is 12.4 Å². The summed E-state index contributed by atoms with van der Waals surface area (Å²) < 4.78 is 25.7. The van der Waals surface area contributed by atoms with E-state index in [0.717, 1.165) is 5.69 Å². The maximum atomic E-state index is 13.8. The molecular weight excluding hydrogens is 355 g/mol. The van der Waals surface area contributed by atoms with Crippen LogP contribution in [-0.4, -0.2) is 28.9 Å². The number of hydrogen-bond donors (Lipinski definition) is 0. The fraction of sp³-hybridized carbons (Fsp3) is 0.158. The molecule has 3 aromatic rings. The molecular formula is C19H17FN2O3S. The van der Waals surface area contributed by atoms with Gasteiger partial charge in [-0.2, -0.15) is 0 Å². The Morgan fingerprint density at radius 1 is 1.23 bits per heavy atom. The first-order chi connectivity index (χ1) is 12.6. The minimum absolute atomic E-state index is 0.0473. The number of aromatic nitrogens is 2. The molecule has 0 aliphatic rings. The van der Waals surface area contributed by atoms with E-state index in [4.69, 9.17) is 9.47 Å². The third-order valence-electron chi connectivity index (χ3n) is 3.72. The van der Waals surface area contributed by atoms with Crippen LogP contribution in [0.4, 0.5) is 4.39 Å². The number of thioether (sulfide) groups is 1. The van der Waals surface area contributed by atoms with Crippen LogP contribution in [-0.2, 0) is 11.3 Å².